The molecular weight excluding hydrogens is 430 g/mol. The molecular formula is C24H32ClN3O4. The summed E-state index contributed by atoms with van der Waals surface area (Å²) in [4.78, 5) is 28.8. The summed E-state index contributed by atoms with van der Waals surface area (Å²) in [7, 11) is 0. The molecule has 0 aliphatic heterocycles. The van der Waals surface area contributed by atoms with Crippen LogP contribution in [0.2, 0.25) is 5.15 Å². The van der Waals surface area contributed by atoms with Crippen molar-refractivity contribution in [3.8, 4) is 0 Å². The fourth-order valence-corrected chi connectivity index (χ4v) is 3.22. The summed E-state index contributed by atoms with van der Waals surface area (Å²) in [5, 5.41) is 6.37. The lowest BCUT2D eigenvalue weighted by atomic mass is 10.00. The minimum absolute atomic E-state index is 0.240. The maximum atomic E-state index is 12.4. The van der Waals surface area contributed by atoms with Crippen molar-refractivity contribution in [3.63, 3.8) is 0 Å². The van der Waals surface area contributed by atoms with Crippen LogP contribution >= 0.6 is 11.6 Å². The molecule has 0 aliphatic carbocycles. The van der Waals surface area contributed by atoms with Gasteiger partial charge in [0.15, 0.2) is 0 Å². The smallest absolute Gasteiger partial charge is 0.407 e. The number of nitrogens with zero attached hydrogens (tertiary/aromatic N) is 1. The molecule has 2 aromatic rings. The number of nitrogens with one attached hydrogen (secondary N) is 2. The predicted molar refractivity (Wildman–Crippen MR) is 126 cm³/mol. The van der Waals surface area contributed by atoms with E-state index >= 15 is 0 Å². The second-order valence-corrected chi connectivity index (χ2v) is 8.65. The van der Waals surface area contributed by atoms with Crippen LogP contribution in [0.15, 0.2) is 36.4 Å². The maximum absolute atomic E-state index is 12.4. The van der Waals surface area contributed by atoms with Crippen molar-refractivity contribution >= 4 is 29.5 Å². The molecule has 1 amide bonds. The highest BCUT2D eigenvalue weighted by atomic mass is 35.5. The van der Waals surface area contributed by atoms with Gasteiger partial charge in [-0.2, -0.15) is 0 Å². The Hall–Kier alpha value is -2.80. The number of aryl methyl sites for hydroxylation is 1. The van der Waals surface area contributed by atoms with Crippen LogP contribution in [-0.4, -0.2) is 35.8 Å². The number of halogens is 1. The first kappa shape index (κ1) is 25.5. The number of ether oxygens (including phenoxy) is 2. The molecule has 2 rings (SSSR count). The standard InChI is InChI=1S/C24H32ClN3O4/c1-6-16-9-8-10-17(15-16)19(13-14-26-23(30)32-24(3,4)5)27-21-18(22(29)31-7-2)11-12-20(25)28-21/h8-12,15,19H,6-7,13-14H2,1-5H3,(H,26,30)(H,27,28). The van der Waals surface area contributed by atoms with Gasteiger partial charge in [-0.05, 0) is 63.8 Å². The molecule has 32 heavy (non-hydrogen) atoms. The summed E-state index contributed by atoms with van der Waals surface area (Å²) in [5.74, 6) is -0.146. The summed E-state index contributed by atoms with van der Waals surface area (Å²) < 4.78 is 10.5. The second kappa shape index (κ2) is 11.7. The van der Waals surface area contributed by atoms with Gasteiger partial charge in [0.25, 0.3) is 0 Å². The van der Waals surface area contributed by atoms with Crippen molar-refractivity contribution in [2.45, 2.75) is 59.1 Å². The number of amides is 1. The normalized spacial score (nSPS) is 12.1. The van der Waals surface area contributed by atoms with E-state index in [4.69, 9.17) is 21.1 Å². The third-order valence-electron chi connectivity index (χ3n) is 4.53. The van der Waals surface area contributed by atoms with Gasteiger partial charge in [0.05, 0.1) is 12.6 Å². The van der Waals surface area contributed by atoms with Gasteiger partial charge in [-0.3, -0.25) is 0 Å². The van der Waals surface area contributed by atoms with Gasteiger partial charge >= 0.3 is 12.1 Å². The third-order valence-corrected chi connectivity index (χ3v) is 4.74. The molecule has 1 unspecified atom stereocenters. The average Bonchev–Trinajstić information content (AvgIpc) is 2.72. The Balaban J connectivity index is 2.26. The number of carbonyl (C=O) groups is 2. The van der Waals surface area contributed by atoms with E-state index in [1.54, 1.807) is 19.1 Å². The Morgan fingerprint density at radius 2 is 1.91 bits per heavy atom. The van der Waals surface area contributed by atoms with Crippen LogP contribution in [0, 0.1) is 0 Å². The highest BCUT2D eigenvalue weighted by Gasteiger charge is 2.21. The molecule has 174 valence electrons. The SMILES string of the molecule is CCOC(=O)c1ccc(Cl)nc1NC(CCNC(=O)OC(C)(C)C)c1cccc(CC)c1. The zero-order valence-electron chi connectivity index (χ0n) is 19.3. The molecule has 2 N–H and O–H groups in total. The topological polar surface area (TPSA) is 89.5 Å². The number of hydrogen-bond donors (Lipinski definition) is 2. The number of hydrogen-bond acceptors (Lipinski definition) is 6. The molecule has 0 saturated heterocycles. The summed E-state index contributed by atoms with van der Waals surface area (Å²) in [6, 6.07) is 11.0. The van der Waals surface area contributed by atoms with Crippen LogP contribution in [0.25, 0.3) is 0 Å². The molecule has 0 fully saturated rings. The largest absolute Gasteiger partial charge is 0.462 e. The van der Waals surface area contributed by atoms with Gasteiger partial charge in [-0.15, -0.1) is 0 Å². The van der Waals surface area contributed by atoms with Crippen molar-refractivity contribution in [1.29, 1.82) is 0 Å². The first-order valence-electron chi connectivity index (χ1n) is 10.8. The number of alkyl carbamates (subject to hydrolysis) is 1. The summed E-state index contributed by atoms with van der Waals surface area (Å²) in [5.41, 5.74) is 1.91. The van der Waals surface area contributed by atoms with E-state index in [0.717, 1.165) is 12.0 Å². The fourth-order valence-electron chi connectivity index (χ4n) is 3.07. The van der Waals surface area contributed by atoms with Crippen molar-refractivity contribution in [2.75, 3.05) is 18.5 Å². The summed E-state index contributed by atoms with van der Waals surface area (Å²) >= 11 is 6.11. The van der Waals surface area contributed by atoms with Crippen LogP contribution in [0.3, 0.4) is 0 Å². The first-order chi connectivity index (χ1) is 15.1. The lowest BCUT2D eigenvalue weighted by Crippen LogP contribution is -2.34. The number of benzene rings is 1. The highest BCUT2D eigenvalue weighted by molar-refractivity contribution is 6.29. The molecule has 7 nitrogen and oxygen atoms in total. The Morgan fingerprint density at radius 1 is 1.16 bits per heavy atom. The van der Waals surface area contributed by atoms with E-state index in [0.29, 0.717) is 24.3 Å². The average molecular weight is 462 g/mol. The number of anilines is 1. The van der Waals surface area contributed by atoms with Gasteiger partial charge in [0.2, 0.25) is 0 Å². The van der Waals surface area contributed by atoms with Crippen molar-refractivity contribution in [2.24, 2.45) is 0 Å². The zero-order chi connectivity index (χ0) is 23.7. The Kier molecular flexibility index (Phi) is 9.32. The summed E-state index contributed by atoms with van der Waals surface area (Å²) in [6.45, 7) is 9.89. The van der Waals surface area contributed by atoms with Crippen molar-refractivity contribution in [1.82, 2.24) is 10.3 Å². The Morgan fingerprint density at radius 3 is 2.56 bits per heavy atom. The van der Waals surface area contributed by atoms with E-state index in [-0.39, 0.29) is 17.8 Å². The number of esters is 1. The lowest BCUT2D eigenvalue weighted by molar-refractivity contribution is 0.0517. The second-order valence-electron chi connectivity index (χ2n) is 8.26. The molecule has 0 spiro atoms. The molecule has 0 aliphatic rings. The quantitative estimate of drug-likeness (QED) is 0.376. The molecule has 1 heterocycles. The predicted octanol–water partition coefficient (Wildman–Crippen LogP) is 5.54. The van der Waals surface area contributed by atoms with Gasteiger partial charge < -0.3 is 20.1 Å². The number of rotatable bonds is 9. The van der Waals surface area contributed by atoms with Crippen molar-refractivity contribution < 1.29 is 19.1 Å². The molecule has 8 heteroatoms. The molecule has 0 bridgehead atoms. The van der Waals surface area contributed by atoms with Gasteiger partial charge in [-0.25, -0.2) is 14.6 Å². The number of aromatic nitrogens is 1. The van der Waals surface area contributed by atoms with Crippen LogP contribution in [0.5, 0.6) is 0 Å². The van der Waals surface area contributed by atoms with Crippen LogP contribution in [0.1, 0.15) is 68.6 Å². The highest BCUT2D eigenvalue weighted by Crippen LogP contribution is 2.26. The van der Waals surface area contributed by atoms with Gasteiger partial charge in [0, 0.05) is 6.54 Å². The minimum atomic E-state index is -0.573. The van der Waals surface area contributed by atoms with E-state index < -0.39 is 17.7 Å². The molecule has 0 radical (unpaired) electrons. The van der Waals surface area contributed by atoms with Crippen LogP contribution < -0.4 is 10.6 Å². The van der Waals surface area contributed by atoms with E-state index in [2.05, 4.69) is 34.7 Å². The Labute approximate surface area is 194 Å². The van der Waals surface area contributed by atoms with Crippen LogP contribution in [0.4, 0.5) is 10.6 Å². The van der Waals surface area contributed by atoms with E-state index in [9.17, 15) is 9.59 Å². The molecule has 0 saturated carbocycles. The first-order valence-corrected chi connectivity index (χ1v) is 11.2. The van der Waals surface area contributed by atoms with Gasteiger partial charge in [-0.1, -0.05) is 42.8 Å². The molecule has 1 aromatic heterocycles. The Bertz CT molecular complexity index is 928. The lowest BCUT2D eigenvalue weighted by Gasteiger charge is -2.23. The maximum Gasteiger partial charge on any atom is 0.407 e. The van der Waals surface area contributed by atoms with E-state index in [1.165, 1.54) is 5.56 Å². The number of pyridine rings is 1. The molecule has 1 aromatic carbocycles. The van der Waals surface area contributed by atoms with Crippen LogP contribution in [-0.2, 0) is 15.9 Å². The van der Waals surface area contributed by atoms with Gasteiger partial charge in [0.1, 0.15) is 22.1 Å². The summed E-state index contributed by atoms with van der Waals surface area (Å²) in [6.07, 6.45) is 0.940. The van der Waals surface area contributed by atoms with Crippen molar-refractivity contribution in [3.05, 3.63) is 58.2 Å². The fraction of sp³-hybridized carbons (Fsp3) is 0.458. The van der Waals surface area contributed by atoms with E-state index in [1.807, 2.05) is 32.9 Å². The third kappa shape index (κ3) is 8.04. The number of carbonyl (C=O) groups excluding carboxylic acids is 2. The zero-order valence-corrected chi connectivity index (χ0v) is 20.1. The monoisotopic (exact) mass is 461 g/mol. The molecule has 1 atom stereocenters. The minimum Gasteiger partial charge on any atom is -0.462 e.